The summed E-state index contributed by atoms with van der Waals surface area (Å²) < 4.78 is 1.67. The Hall–Kier alpha value is -2.41. The number of nitrogens with zero attached hydrogens (tertiary/aromatic N) is 2. The van der Waals surface area contributed by atoms with Crippen LogP contribution in [0.1, 0.15) is 72.1 Å². The maximum absolute atomic E-state index is 13.2. The number of carbonyl (C=O) groups is 2. The molecule has 2 aromatic heterocycles. The number of imidazole rings is 1. The van der Waals surface area contributed by atoms with Crippen molar-refractivity contribution in [1.29, 1.82) is 0 Å². The van der Waals surface area contributed by atoms with Crippen molar-refractivity contribution in [3.05, 3.63) is 35.3 Å². The van der Waals surface area contributed by atoms with Crippen LogP contribution in [-0.2, 0) is 6.42 Å². The third-order valence-corrected chi connectivity index (χ3v) is 7.48. The number of aliphatic hydroxyl groups is 1. The van der Waals surface area contributed by atoms with E-state index in [1.165, 1.54) is 38.5 Å². The molecule has 2 heterocycles. The van der Waals surface area contributed by atoms with E-state index in [1.54, 1.807) is 29.5 Å². The number of fused-ring (bicyclic) bond motifs is 1. The van der Waals surface area contributed by atoms with E-state index in [1.807, 2.05) is 0 Å². The van der Waals surface area contributed by atoms with Gasteiger partial charge in [0.25, 0.3) is 11.8 Å². The summed E-state index contributed by atoms with van der Waals surface area (Å²) in [7, 11) is 0. The maximum Gasteiger partial charge on any atom is 0.269 e. The van der Waals surface area contributed by atoms with Gasteiger partial charge in [-0.05, 0) is 80.8 Å². The molecule has 2 aromatic rings. The second-order valence-electron chi connectivity index (χ2n) is 10.0. The molecular formula is C23H30N4O3. The molecule has 4 aliphatic carbocycles. The summed E-state index contributed by atoms with van der Waals surface area (Å²) in [5.41, 5.74) is 7.26. The summed E-state index contributed by atoms with van der Waals surface area (Å²) in [5, 5.41) is 13.1. The fourth-order valence-electron chi connectivity index (χ4n) is 6.86. The van der Waals surface area contributed by atoms with Gasteiger partial charge in [-0.1, -0.05) is 6.07 Å². The van der Waals surface area contributed by atoms with Crippen LogP contribution in [0.5, 0.6) is 0 Å². The highest BCUT2D eigenvalue weighted by Crippen LogP contribution is 2.59. The van der Waals surface area contributed by atoms with Crippen LogP contribution < -0.4 is 11.1 Å². The number of amides is 2. The number of aromatic nitrogens is 2. The molecule has 4 aliphatic rings. The van der Waals surface area contributed by atoms with E-state index >= 15 is 0 Å². The molecule has 7 heteroatoms. The molecule has 2 amide bonds. The quantitative estimate of drug-likeness (QED) is 0.679. The van der Waals surface area contributed by atoms with Crippen molar-refractivity contribution in [1.82, 2.24) is 14.7 Å². The van der Waals surface area contributed by atoms with Crippen molar-refractivity contribution >= 4 is 17.5 Å². The number of nitrogens with one attached hydrogen (secondary N) is 1. The number of aliphatic hydroxyl groups excluding tert-OH is 1. The zero-order valence-corrected chi connectivity index (χ0v) is 17.4. The van der Waals surface area contributed by atoms with Crippen molar-refractivity contribution < 1.29 is 14.7 Å². The van der Waals surface area contributed by atoms with E-state index in [9.17, 15) is 14.7 Å². The lowest BCUT2D eigenvalue weighted by Crippen LogP contribution is -2.51. The van der Waals surface area contributed by atoms with Crippen LogP contribution >= 0.6 is 0 Å². The third kappa shape index (κ3) is 3.29. The van der Waals surface area contributed by atoms with E-state index in [-0.39, 0.29) is 23.4 Å². The average Bonchev–Trinajstić information content (AvgIpc) is 3.03. The highest BCUT2D eigenvalue weighted by molar-refractivity contribution is 5.96. The van der Waals surface area contributed by atoms with E-state index in [4.69, 9.17) is 5.73 Å². The minimum absolute atomic E-state index is 0.109. The maximum atomic E-state index is 13.2. The normalized spacial score (nSPS) is 30.5. The number of primary amides is 1. The molecule has 0 saturated heterocycles. The molecule has 7 nitrogen and oxygen atoms in total. The van der Waals surface area contributed by atoms with Crippen LogP contribution in [0.3, 0.4) is 0 Å². The molecule has 0 aromatic carbocycles. The monoisotopic (exact) mass is 410 g/mol. The lowest BCUT2D eigenvalue weighted by atomic mass is 9.49. The number of hydrogen-bond acceptors (Lipinski definition) is 4. The van der Waals surface area contributed by atoms with Crippen LogP contribution in [0.4, 0.5) is 0 Å². The lowest BCUT2D eigenvalue weighted by Gasteiger charge is -2.56. The van der Waals surface area contributed by atoms with E-state index in [0.29, 0.717) is 23.6 Å². The third-order valence-electron chi connectivity index (χ3n) is 7.48. The van der Waals surface area contributed by atoms with Gasteiger partial charge in [0, 0.05) is 13.0 Å². The molecule has 30 heavy (non-hydrogen) atoms. The van der Waals surface area contributed by atoms with Gasteiger partial charge in [0.2, 0.25) is 0 Å². The van der Waals surface area contributed by atoms with Crippen LogP contribution in [0.25, 0.3) is 5.65 Å². The Morgan fingerprint density at radius 1 is 1.23 bits per heavy atom. The molecule has 160 valence electrons. The number of rotatable bonds is 6. The average molecular weight is 411 g/mol. The van der Waals surface area contributed by atoms with E-state index < -0.39 is 12.0 Å². The van der Waals surface area contributed by atoms with Gasteiger partial charge in [-0.15, -0.1) is 0 Å². The molecule has 1 atom stereocenters. The first-order valence-corrected chi connectivity index (χ1v) is 11.1. The number of nitrogens with two attached hydrogens (primary N) is 1. The lowest BCUT2D eigenvalue weighted by molar-refractivity contribution is -0.0503. The largest absolute Gasteiger partial charge is 0.393 e. The zero-order chi connectivity index (χ0) is 21.0. The minimum atomic E-state index is -0.689. The Balaban J connectivity index is 1.43. The second-order valence-corrected chi connectivity index (χ2v) is 10.0. The van der Waals surface area contributed by atoms with Crippen LogP contribution in [0.2, 0.25) is 0 Å². The predicted octanol–water partition coefficient (Wildman–Crippen LogP) is 2.30. The van der Waals surface area contributed by atoms with Gasteiger partial charge in [0.15, 0.2) is 0 Å². The summed E-state index contributed by atoms with van der Waals surface area (Å²) in [6.07, 6.45) is 7.32. The van der Waals surface area contributed by atoms with Crippen molar-refractivity contribution in [2.24, 2.45) is 28.9 Å². The van der Waals surface area contributed by atoms with Gasteiger partial charge in [-0.3, -0.25) is 14.0 Å². The summed E-state index contributed by atoms with van der Waals surface area (Å²) >= 11 is 0. The molecule has 4 fully saturated rings. The van der Waals surface area contributed by atoms with Gasteiger partial charge in [0.1, 0.15) is 17.0 Å². The predicted molar refractivity (Wildman–Crippen MR) is 112 cm³/mol. The first-order chi connectivity index (χ1) is 14.3. The standard InChI is InChI=1S/C23H30N4O3/c1-13(28)5-18-20(21(24)29)26-19-4-2-3-17(27(18)19)22(30)25-12-23-9-14-6-15(10-23)8-16(7-14)11-23/h2-4,13-16,28H,5-12H2,1H3,(H2,24,29)(H,25,30)/t13-,14?,15?,16?,23?/m0/s1. The molecule has 0 radical (unpaired) electrons. The van der Waals surface area contributed by atoms with Crippen molar-refractivity contribution in [3.8, 4) is 0 Å². The van der Waals surface area contributed by atoms with Crippen LogP contribution in [0.15, 0.2) is 18.2 Å². The smallest absolute Gasteiger partial charge is 0.269 e. The Labute approximate surface area is 176 Å². The Morgan fingerprint density at radius 3 is 2.43 bits per heavy atom. The van der Waals surface area contributed by atoms with Gasteiger partial charge < -0.3 is 16.2 Å². The van der Waals surface area contributed by atoms with E-state index in [2.05, 4.69) is 10.3 Å². The van der Waals surface area contributed by atoms with Crippen LogP contribution in [0, 0.1) is 23.2 Å². The summed E-state index contributed by atoms with van der Waals surface area (Å²) in [6.45, 7) is 2.34. The zero-order valence-electron chi connectivity index (χ0n) is 17.4. The summed E-state index contributed by atoms with van der Waals surface area (Å²) in [6, 6.07) is 5.24. The van der Waals surface area contributed by atoms with E-state index in [0.717, 1.165) is 17.8 Å². The van der Waals surface area contributed by atoms with Crippen molar-refractivity contribution in [2.75, 3.05) is 6.54 Å². The molecule has 4 bridgehead atoms. The molecule has 6 rings (SSSR count). The van der Waals surface area contributed by atoms with Crippen molar-refractivity contribution in [2.45, 2.75) is 58.0 Å². The van der Waals surface area contributed by atoms with Gasteiger partial charge >= 0.3 is 0 Å². The molecular weight excluding hydrogens is 380 g/mol. The Kier molecular flexibility index (Phi) is 4.61. The Morgan fingerprint density at radius 2 is 1.87 bits per heavy atom. The summed E-state index contributed by atoms with van der Waals surface area (Å²) in [4.78, 5) is 29.5. The highest BCUT2D eigenvalue weighted by atomic mass is 16.3. The molecule has 0 unspecified atom stereocenters. The Bertz CT molecular complexity index is 974. The topological polar surface area (TPSA) is 110 Å². The number of hydrogen-bond donors (Lipinski definition) is 3. The molecule has 0 spiro atoms. The minimum Gasteiger partial charge on any atom is -0.393 e. The molecule has 4 N–H and O–H groups in total. The fraction of sp³-hybridized carbons (Fsp3) is 0.609. The SMILES string of the molecule is C[C@H](O)Cc1c(C(N)=O)nc2cccc(C(=O)NCC34CC5CC(CC(C5)C3)C4)n12. The molecule has 4 saturated carbocycles. The summed E-state index contributed by atoms with van der Waals surface area (Å²) in [5.74, 6) is 1.67. The van der Waals surface area contributed by atoms with Gasteiger partial charge in [0.05, 0.1) is 11.8 Å². The number of pyridine rings is 1. The van der Waals surface area contributed by atoms with Gasteiger partial charge in [-0.2, -0.15) is 0 Å². The first kappa shape index (κ1) is 19.5. The molecule has 0 aliphatic heterocycles. The van der Waals surface area contributed by atoms with Gasteiger partial charge in [-0.25, -0.2) is 4.98 Å². The highest BCUT2D eigenvalue weighted by Gasteiger charge is 2.50. The van der Waals surface area contributed by atoms with Crippen molar-refractivity contribution in [3.63, 3.8) is 0 Å². The van der Waals surface area contributed by atoms with Crippen LogP contribution in [-0.4, -0.2) is 39.0 Å². The second kappa shape index (κ2) is 7.08. The number of carbonyl (C=O) groups excluding carboxylic acids is 2. The fourth-order valence-corrected chi connectivity index (χ4v) is 6.86. The first-order valence-electron chi connectivity index (χ1n) is 11.1.